The maximum absolute atomic E-state index is 12.2. The summed E-state index contributed by atoms with van der Waals surface area (Å²) in [6.45, 7) is 4.29. The molecule has 2 aromatic rings. The van der Waals surface area contributed by atoms with Crippen LogP contribution in [0.2, 0.25) is 0 Å². The summed E-state index contributed by atoms with van der Waals surface area (Å²) in [7, 11) is 1.64. The average Bonchev–Trinajstić information content (AvgIpc) is 2.62. The highest BCUT2D eigenvalue weighted by atomic mass is 16.2. The molecule has 1 fully saturated rings. The van der Waals surface area contributed by atoms with Gasteiger partial charge in [0.1, 0.15) is 17.2 Å². The first-order valence-electron chi connectivity index (χ1n) is 8.53. The zero-order valence-corrected chi connectivity index (χ0v) is 14.6. The molecule has 132 valence electrons. The molecule has 2 aromatic heterocycles. The highest BCUT2D eigenvalue weighted by molar-refractivity contribution is 5.93. The zero-order valence-electron chi connectivity index (χ0n) is 14.6. The van der Waals surface area contributed by atoms with Gasteiger partial charge in [-0.1, -0.05) is 0 Å². The SMILES string of the molecule is Cc1nccc(N2CCC(CNC(=O)c3cccn(C)c3=O)CC2)n1. The van der Waals surface area contributed by atoms with Gasteiger partial charge in [0.05, 0.1) is 0 Å². The van der Waals surface area contributed by atoms with Gasteiger partial charge < -0.3 is 14.8 Å². The molecule has 7 nitrogen and oxygen atoms in total. The normalized spacial score (nSPS) is 15.2. The van der Waals surface area contributed by atoms with Crippen LogP contribution in [0.5, 0.6) is 0 Å². The van der Waals surface area contributed by atoms with Crippen LogP contribution in [0.4, 0.5) is 5.82 Å². The third kappa shape index (κ3) is 4.04. The molecule has 1 saturated heterocycles. The molecule has 1 aliphatic heterocycles. The molecule has 3 rings (SSSR count). The number of aryl methyl sites for hydroxylation is 2. The van der Waals surface area contributed by atoms with Gasteiger partial charge in [0, 0.05) is 39.1 Å². The Hall–Kier alpha value is -2.70. The van der Waals surface area contributed by atoms with Crippen molar-refractivity contribution in [2.45, 2.75) is 19.8 Å². The lowest BCUT2D eigenvalue weighted by Gasteiger charge is -2.32. The smallest absolute Gasteiger partial charge is 0.263 e. The Morgan fingerprint density at radius 1 is 1.32 bits per heavy atom. The van der Waals surface area contributed by atoms with Gasteiger partial charge in [-0.25, -0.2) is 9.97 Å². The first-order valence-corrected chi connectivity index (χ1v) is 8.53. The Kier molecular flexibility index (Phi) is 5.11. The Morgan fingerprint density at radius 2 is 2.08 bits per heavy atom. The summed E-state index contributed by atoms with van der Waals surface area (Å²) in [5.74, 6) is 1.85. The summed E-state index contributed by atoms with van der Waals surface area (Å²) in [6.07, 6.45) is 5.39. The summed E-state index contributed by atoms with van der Waals surface area (Å²) in [5.41, 5.74) is -0.0761. The summed E-state index contributed by atoms with van der Waals surface area (Å²) in [4.78, 5) is 35.0. The first-order chi connectivity index (χ1) is 12.0. The Balaban J connectivity index is 1.52. The van der Waals surface area contributed by atoms with E-state index in [1.54, 1.807) is 31.6 Å². The van der Waals surface area contributed by atoms with Crippen LogP contribution in [-0.4, -0.2) is 40.1 Å². The molecule has 0 atom stereocenters. The van der Waals surface area contributed by atoms with Gasteiger partial charge in [-0.15, -0.1) is 0 Å². The topological polar surface area (TPSA) is 80.1 Å². The molecule has 0 aliphatic carbocycles. The van der Waals surface area contributed by atoms with Crippen molar-refractivity contribution in [3.63, 3.8) is 0 Å². The second-order valence-corrected chi connectivity index (χ2v) is 6.44. The molecule has 0 unspecified atom stereocenters. The molecule has 1 aliphatic rings. The molecular formula is C18H23N5O2. The monoisotopic (exact) mass is 341 g/mol. The van der Waals surface area contributed by atoms with E-state index in [4.69, 9.17) is 0 Å². The van der Waals surface area contributed by atoms with Gasteiger partial charge >= 0.3 is 0 Å². The lowest BCUT2D eigenvalue weighted by molar-refractivity contribution is 0.0943. The molecule has 1 N–H and O–H groups in total. The number of piperidine rings is 1. The van der Waals surface area contributed by atoms with E-state index in [-0.39, 0.29) is 17.0 Å². The van der Waals surface area contributed by atoms with E-state index >= 15 is 0 Å². The molecule has 0 saturated carbocycles. The lowest BCUT2D eigenvalue weighted by Crippen LogP contribution is -2.40. The van der Waals surface area contributed by atoms with Crippen molar-refractivity contribution in [2.75, 3.05) is 24.5 Å². The Bertz CT molecular complexity index is 809. The number of carbonyl (C=O) groups excluding carboxylic acids is 1. The molecule has 1 amide bonds. The fraction of sp³-hybridized carbons (Fsp3) is 0.444. The van der Waals surface area contributed by atoms with Crippen molar-refractivity contribution < 1.29 is 4.79 Å². The predicted molar refractivity (Wildman–Crippen MR) is 95.7 cm³/mol. The van der Waals surface area contributed by atoms with Crippen LogP contribution in [0.25, 0.3) is 0 Å². The number of aromatic nitrogens is 3. The Morgan fingerprint density at radius 3 is 2.80 bits per heavy atom. The van der Waals surface area contributed by atoms with E-state index < -0.39 is 0 Å². The van der Waals surface area contributed by atoms with Crippen molar-refractivity contribution in [3.05, 3.63) is 52.3 Å². The van der Waals surface area contributed by atoms with Crippen LogP contribution in [0.3, 0.4) is 0 Å². The number of anilines is 1. The molecule has 0 aromatic carbocycles. The average molecular weight is 341 g/mol. The fourth-order valence-electron chi connectivity index (χ4n) is 3.09. The predicted octanol–water partition coefficient (Wildman–Crippen LogP) is 1.13. The maximum Gasteiger partial charge on any atom is 0.263 e. The minimum atomic E-state index is -0.296. The molecule has 25 heavy (non-hydrogen) atoms. The van der Waals surface area contributed by atoms with E-state index in [2.05, 4.69) is 20.2 Å². The third-order valence-electron chi connectivity index (χ3n) is 4.62. The van der Waals surface area contributed by atoms with Crippen LogP contribution < -0.4 is 15.8 Å². The number of nitrogens with zero attached hydrogens (tertiary/aromatic N) is 4. The second-order valence-electron chi connectivity index (χ2n) is 6.44. The van der Waals surface area contributed by atoms with Crippen LogP contribution >= 0.6 is 0 Å². The molecule has 7 heteroatoms. The quantitative estimate of drug-likeness (QED) is 0.902. The van der Waals surface area contributed by atoms with Crippen molar-refractivity contribution in [1.29, 1.82) is 0 Å². The number of rotatable bonds is 4. The largest absolute Gasteiger partial charge is 0.356 e. The minimum absolute atomic E-state index is 0.193. The zero-order chi connectivity index (χ0) is 17.8. The van der Waals surface area contributed by atoms with Crippen LogP contribution in [0.15, 0.2) is 35.4 Å². The van der Waals surface area contributed by atoms with Crippen molar-refractivity contribution >= 4 is 11.7 Å². The Labute approximate surface area is 146 Å². The van der Waals surface area contributed by atoms with Gasteiger partial charge in [-0.05, 0) is 43.9 Å². The van der Waals surface area contributed by atoms with Gasteiger partial charge in [0.2, 0.25) is 0 Å². The maximum atomic E-state index is 12.2. The van der Waals surface area contributed by atoms with E-state index in [0.717, 1.165) is 37.6 Å². The highest BCUT2D eigenvalue weighted by Gasteiger charge is 2.21. The summed E-state index contributed by atoms with van der Waals surface area (Å²) in [6, 6.07) is 5.20. The summed E-state index contributed by atoms with van der Waals surface area (Å²) < 4.78 is 1.41. The third-order valence-corrected chi connectivity index (χ3v) is 4.62. The molecule has 0 spiro atoms. The van der Waals surface area contributed by atoms with Gasteiger partial charge in [0.25, 0.3) is 11.5 Å². The lowest BCUT2D eigenvalue weighted by atomic mass is 9.96. The highest BCUT2D eigenvalue weighted by Crippen LogP contribution is 2.21. The van der Waals surface area contributed by atoms with Crippen molar-refractivity contribution in [2.24, 2.45) is 13.0 Å². The molecular weight excluding hydrogens is 318 g/mol. The van der Waals surface area contributed by atoms with Crippen molar-refractivity contribution in [3.8, 4) is 0 Å². The number of hydrogen-bond donors (Lipinski definition) is 1. The number of hydrogen-bond acceptors (Lipinski definition) is 5. The van der Waals surface area contributed by atoms with Crippen LogP contribution in [0, 0.1) is 12.8 Å². The van der Waals surface area contributed by atoms with Gasteiger partial charge in [0.15, 0.2) is 0 Å². The summed E-state index contributed by atoms with van der Waals surface area (Å²) in [5, 5.41) is 2.90. The summed E-state index contributed by atoms with van der Waals surface area (Å²) >= 11 is 0. The van der Waals surface area contributed by atoms with E-state index in [1.165, 1.54) is 4.57 Å². The van der Waals surface area contributed by atoms with E-state index in [1.807, 2.05) is 13.0 Å². The number of pyridine rings is 1. The second kappa shape index (κ2) is 7.46. The number of carbonyl (C=O) groups is 1. The molecule has 0 radical (unpaired) electrons. The van der Waals surface area contributed by atoms with E-state index in [9.17, 15) is 9.59 Å². The van der Waals surface area contributed by atoms with Crippen LogP contribution in [0.1, 0.15) is 29.0 Å². The number of nitrogens with one attached hydrogen (secondary N) is 1. The van der Waals surface area contributed by atoms with Gasteiger partial charge in [-0.3, -0.25) is 9.59 Å². The first kappa shape index (κ1) is 17.1. The van der Waals surface area contributed by atoms with Crippen LogP contribution in [-0.2, 0) is 7.05 Å². The van der Waals surface area contributed by atoms with Crippen molar-refractivity contribution in [1.82, 2.24) is 19.9 Å². The number of amides is 1. The standard InChI is InChI=1S/C18H23N5O2/c1-13-19-8-5-16(21-13)23-10-6-14(7-11-23)12-20-17(24)15-4-3-9-22(2)18(15)25/h3-5,8-9,14H,6-7,10-12H2,1-2H3,(H,20,24). The van der Waals surface area contributed by atoms with E-state index in [0.29, 0.717) is 12.5 Å². The minimum Gasteiger partial charge on any atom is -0.356 e. The molecule has 0 bridgehead atoms. The fourth-order valence-corrected chi connectivity index (χ4v) is 3.09. The van der Waals surface area contributed by atoms with Gasteiger partial charge in [-0.2, -0.15) is 0 Å². The molecule has 3 heterocycles.